The highest BCUT2D eigenvalue weighted by molar-refractivity contribution is 6.52. The Morgan fingerprint density at radius 3 is 2.22 bits per heavy atom. The van der Waals surface area contributed by atoms with Crippen LogP contribution in [0.5, 0.6) is 0 Å². The molecule has 0 aliphatic heterocycles. The molecule has 0 heterocycles. The van der Waals surface area contributed by atoms with Crippen LogP contribution in [0, 0.1) is 0 Å². The summed E-state index contributed by atoms with van der Waals surface area (Å²) in [4.78, 5) is 0. The summed E-state index contributed by atoms with van der Waals surface area (Å²) in [7, 11) is 0. The van der Waals surface area contributed by atoms with Gasteiger partial charge in [0.1, 0.15) is 4.33 Å². The van der Waals surface area contributed by atoms with Crippen molar-refractivity contribution in [3.63, 3.8) is 0 Å². The van der Waals surface area contributed by atoms with Gasteiger partial charge in [-0.2, -0.15) is 0 Å². The van der Waals surface area contributed by atoms with Crippen LogP contribution in [0.15, 0.2) is 0 Å². The molecule has 0 spiro atoms. The minimum absolute atomic E-state index is 0.0467. The predicted octanol–water partition coefficient (Wildman–Crippen LogP) is 3.34. The second kappa shape index (κ2) is 2.86. The van der Waals surface area contributed by atoms with Gasteiger partial charge >= 0.3 is 0 Å². The summed E-state index contributed by atoms with van der Waals surface area (Å²) in [6.45, 7) is 0. The maximum absolute atomic E-state index is 5.86. The summed E-state index contributed by atoms with van der Waals surface area (Å²) in [5.41, 5.74) is 0. The standard InChI is InChI=1S/C6H9Cl3/c7-5-3-1-2-4-6(5,8)9/h5H,1-4H2. The van der Waals surface area contributed by atoms with Crippen LogP contribution in [0.25, 0.3) is 0 Å². The molecule has 1 atom stereocenters. The Bertz CT molecular complexity index is 100. The molecule has 1 saturated carbocycles. The third kappa shape index (κ3) is 1.89. The fourth-order valence-corrected chi connectivity index (χ4v) is 1.80. The first-order valence-electron chi connectivity index (χ1n) is 3.15. The zero-order valence-electron chi connectivity index (χ0n) is 5.04. The number of rotatable bonds is 0. The molecule has 0 aromatic carbocycles. The molecule has 1 rings (SSSR count). The molecular formula is C6H9Cl3. The minimum Gasteiger partial charge on any atom is -0.120 e. The Kier molecular flexibility index (Phi) is 2.53. The Labute approximate surface area is 70.5 Å². The number of hydrogen-bond acceptors (Lipinski definition) is 0. The second-order valence-electron chi connectivity index (χ2n) is 2.47. The lowest BCUT2D eigenvalue weighted by atomic mass is 9.99. The van der Waals surface area contributed by atoms with Gasteiger partial charge in [-0.05, 0) is 12.8 Å². The molecule has 0 aromatic rings. The van der Waals surface area contributed by atoms with Gasteiger partial charge in [-0.1, -0.05) is 12.8 Å². The van der Waals surface area contributed by atoms with E-state index in [4.69, 9.17) is 34.8 Å². The van der Waals surface area contributed by atoms with Gasteiger partial charge in [0, 0.05) is 0 Å². The van der Waals surface area contributed by atoms with Gasteiger partial charge in [0.25, 0.3) is 0 Å². The van der Waals surface area contributed by atoms with E-state index in [1.54, 1.807) is 0 Å². The van der Waals surface area contributed by atoms with E-state index < -0.39 is 4.33 Å². The molecule has 3 heteroatoms. The predicted molar refractivity (Wildman–Crippen MR) is 42.5 cm³/mol. The lowest BCUT2D eigenvalue weighted by Crippen LogP contribution is -2.29. The monoisotopic (exact) mass is 186 g/mol. The van der Waals surface area contributed by atoms with Crippen LogP contribution < -0.4 is 0 Å². The van der Waals surface area contributed by atoms with E-state index in [1.165, 1.54) is 0 Å². The van der Waals surface area contributed by atoms with Crippen LogP contribution in [0.4, 0.5) is 0 Å². The summed E-state index contributed by atoms with van der Waals surface area (Å²) in [5.74, 6) is 0. The van der Waals surface area contributed by atoms with Crippen LogP contribution in [-0.2, 0) is 0 Å². The Hall–Kier alpha value is 0.870. The highest BCUT2D eigenvalue weighted by Crippen LogP contribution is 2.40. The maximum atomic E-state index is 5.86. The highest BCUT2D eigenvalue weighted by Gasteiger charge is 2.35. The SMILES string of the molecule is ClC1CCCCC1(Cl)Cl. The van der Waals surface area contributed by atoms with Crippen molar-refractivity contribution in [3.8, 4) is 0 Å². The molecular weight excluding hydrogens is 178 g/mol. The number of alkyl halides is 3. The molecule has 0 N–H and O–H groups in total. The van der Waals surface area contributed by atoms with Crippen LogP contribution >= 0.6 is 34.8 Å². The molecule has 1 fully saturated rings. The molecule has 1 aliphatic rings. The van der Waals surface area contributed by atoms with Crippen molar-refractivity contribution in [1.82, 2.24) is 0 Å². The van der Waals surface area contributed by atoms with E-state index in [0.717, 1.165) is 25.7 Å². The lowest BCUT2D eigenvalue weighted by Gasteiger charge is -2.29. The van der Waals surface area contributed by atoms with E-state index in [2.05, 4.69) is 0 Å². The normalized spacial score (nSPS) is 34.3. The molecule has 0 nitrogen and oxygen atoms in total. The van der Waals surface area contributed by atoms with E-state index in [0.29, 0.717) is 0 Å². The minimum atomic E-state index is -0.653. The summed E-state index contributed by atoms with van der Waals surface area (Å²) in [6, 6.07) is 0. The Morgan fingerprint density at radius 2 is 1.89 bits per heavy atom. The first-order chi connectivity index (χ1) is 4.13. The largest absolute Gasteiger partial charge is 0.134 e. The van der Waals surface area contributed by atoms with Crippen LogP contribution in [-0.4, -0.2) is 9.71 Å². The van der Waals surface area contributed by atoms with Crippen molar-refractivity contribution in [2.45, 2.75) is 35.4 Å². The van der Waals surface area contributed by atoms with Crippen molar-refractivity contribution < 1.29 is 0 Å². The third-order valence-electron chi connectivity index (χ3n) is 1.68. The topological polar surface area (TPSA) is 0 Å². The fraction of sp³-hybridized carbons (Fsp3) is 1.00. The van der Waals surface area contributed by atoms with Gasteiger partial charge in [-0.15, -0.1) is 34.8 Å². The zero-order valence-corrected chi connectivity index (χ0v) is 7.31. The third-order valence-corrected chi connectivity index (χ3v) is 3.39. The molecule has 0 radical (unpaired) electrons. The lowest BCUT2D eigenvalue weighted by molar-refractivity contribution is 0.485. The van der Waals surface area contributed by atoms with Crippen LogP contribution in [0.3, 0.4) is 0 Å². The van der Waals surface area contributed by atoms with Crippen LogP contribution in [0.2, 0.25) is 0 Å². The van der Waals surface area contributed by atoms with Gasteiger partial charge < -0.3 is 0 Å². The molecule has 0 bridgehead atoms. The van der Waals surface area contributed by atoms with Crippen molar-refractivity contribution in [2.75, 3.05) is 0 Å². The molecule has 1 unspecified atom stereocenters. The van der Waals surface area contributed by atoms with Crippen molar-refractivity contribution in [3.05, 3.63) is 0 Å². The fourth-order valence-electron chi connectivity index (χ4n) is 1.05. The molecule has 0 amide bonds. The average Bonchev–Trinajstić information content (AvgIpc) is 1.77. The average molecular weight is 187 g/mol. The van der Waals surface area contributed by atoms with E-state index in [9.17, 15) is 0 Å². The van der Waals surface area contributed by atoms with E-state index >= 15 is 0 Å². The first-order valence-corrected chi connectivity index (χ1v) is 4.34. The molecule has 0 saturated heterocycles. The molecule has 9 heavy (non-hydrogen) atoms. The molecule has 1 aliphatic carbocycles. The number of halogens is 3. The first kappa shape index (κ1) is 7.97. The van der Waals surface area contributed by atoms with Crippen molar-refractivity contribution in [2.24, 2.45) is 0 Å². The quantitative estimate of drug-likeness (QED) is 0.510. The van der Waals surface area contributed by atoms with Gasteiger partial charge in [-0.25, -0.2) is 0 Å². The van der Waals surface area contributed by atoms with Gasteiger partial charge in [0.05, 0.1) is 5.38 Å². The highest BCUT2D eigenvalue weighted by atomic mass is 35.5. The maximum Gasteiger partial charge on any atom is 0.134 e. The Balaban J connectivity index is 2.49. The van der Waals surface area contributed by atoms with Gasteiger partial charge in [0.15, 0.2) is 0 Å². The zero-order chi connectivity index (χ0) is 6.91. The number of hydrogen-bond donors (Lipinski definition) is 0. The van der Waals surface area contributed by atoms with Gasteiger partial charge in [-0.3, -0.25) is 0 Å². The summed E-state index contributed by atoms with van der Waals surface area (Å²) in [5, 5.41) is -0.0467. The molecule has 0 aromatic heterocycles. The Morgan fingerprint density at radius 1 is 1.22 bits per heavy atom. The van der Waals surface area contributed by atoms with E-state index in [-0.39, 0.29) is 5.38 Å². The summed E-state index contributed by atoms with van der Waals surface area (Å²) in [6.07, 6.45) is 4.06. The second-order valence-corrected chi connectivity index (χ2v) is 4.54. The van der Waals surface area contributed by atoms with Crippen molar-refractivity contribution >= 4 is 34.8 Å². The summed E-state index contributed by atoms with van der Waals surface area (Å²) < 4.78 is -0.653. The van der Waals surface area contributed by atoms with Crippen LogP contribution in [0.1, 0.15) is 25.7 Å². The van der Waals surface area contributed by atoms with E-state index in [1.807, 2.05) is 0 Å². The van der Waals surface area contributed by atoms with Gasteiger partial charge in [0.2, 0.25) is 0 Å². The molecule has 54 valence electrons. The summed E-state index contributed by atoms with van der Waals surface area (Å²) >= 11 is 17.6. The van der Waals surface area contributed by atoms with Crippen molar-refractivity contribution in [1.29, 1.82) is 0 Å². The smallest absolute Gasteiger partial charge is 0.120 e.